The first kappa shape index (κ1) is 22.4. The van der Waals surface area contributed by atoms with Crippen molar-refractivity contribution in [3.63, 3.8) is 0 Å². The maximum absolute atomic E-state index is 14.3. The fourth-order valence-corrected chi connectivity index (χ4v) is 4.29. The van der Waals surface area contributed by atoms with Crippen molar-refractivity contribution in [3.8, 4) is 17.3 Å². The number of aromatic nitrogens is 2. The molecule has 31 heavy (non-hydrogen) atoms. The molecule has 2 atom stereocenters. The van der Waals surface area contributed by atoms with Gasteiger partial charge in [0.05, 0.1) is 29.4 Å². The molecule has 3 rings (SSSR count). The third-order valence-corrected chi connectivity index (χ3v) is 5.99. The van der Waals surface area contributed by atoms with Crippen molar-refractivity contribution in [2.24, 2.45) is 0 Å². The molecule has 9 heteroatoms. The SMILES string of the molecule is CNc1nc(-c2ccc(C#N)c(F)c2)cc([N+]2(C(C)(C)C)CCC[C@@H](NC(=O)[O-])C2)n1. The smallest absolute Gasteiger partial charge is 0.233 e. The first-order chi connectivity index (χ1) is 14.6. The molecule has 0 saturated carbocycles. The van der Waals surface area contributed by atoms with E-state index < -0.39 is 11.9 Å². The topological polar surface area (TPSA) is 114 Å². The van der Waals surface area contributed by atoms with E-state index in [4.69, 9.17) is 10.2 Å². The summed E-state index contributed by atoms with van der Waals surface area (Å²) in [4.78, 5) is 20.4. The van der Waals surface area contributed by atoms with Gasteiger partial charge in [-0.05, 0) is 45.7 Å². The van der Waals surface area contributed by atoms with Gasteiger partial charge in [-0.25, -0.2) is 9.37 Å². The van der Waals surface area contributed by atoms with Crippen LogP contribution >= 0.6 is 0 Å². The number of carbonyl (C=O) groups excluding carboxylic acids is 1. The highest BCUT2D eigenvalue weighted by molar-refractivity contribution is 5.66. The molecule has 1 aliphatic heterocycles. The lowest BCUT2D eigenvalue weighted by atomic mass is 9.92. The molecule has 0 spiro atoms. The maximum Gasteiger partial charge on any atom is 0.233 e. The first-order valence-corrected chi connectivity index (χ1v) is 10.2. The van der Waals surface area contributed by atoms with Crippen molar-refractivity contribution in [1.29, 1.82) is 5.26 Å². The lowest BCUT2D eigenvalue weighted by Crippen LogP contribution is -2.69. The van der Waals surface area contributed by atoms with Gasteiger partial charge in [0.2, 0.25) is 11.8 Å². The van der Waals surface area contributed by atoms with E-state index in [0.29, 0.717) is 28.2 Å². The fourth-order valence-electron chi connectivity index (χ4n) is 4.29. The largest absolute Gasteiger partial charge is 0.530 e. The normalized spacial score (nSPS) is 21.2. The molecule has 1 aliphatic rings. The van der Waals surface area contributed by atoms with E-state index in [1.54, 1.807) is 13.1 Å². The van der Waals surface area contributed by atoms with E-state index in [9.17, 15) is 14.3 Å². The van der Waals surface area contributed by atoms with Gasteiger partial charge in [0, 0.05) is 18.7 Å². The van der Waals surface area contributed by atoms with Gasteiger partial charge in [-0.15, -0.1) is 0 Å². The zero-order valence-corrected chi connectivity index (χ0v) is 18.2. The number of carboxylic acid groups (broad SMARTS) is 1. The van der Waals surface area contributed by atoms with Crippen molar-refractivity contribution in [2.75, 3.05) is 25.5 Å². The van der Waals surface area contributed by atoms with Gasteiger partial charge in [-0.3, -0.25) is 4.48 Å². The standard InChI is InChI=1S/C22H27FN6O2/c1-22(2,3)29(9-5-6-16(13-29)26-21(30)31)19-11-18(27-20(25-4)28-19)14-7-8-15(12-24)17(23)10-14/h7-8,10-11,16,26H,5-6,9,13H2,1-4H3,(H-,25,27,28,30,31)/t16-,29?/m1/s1. The molecule has 2 N–H and O–H groups in total. The quantitative estimate of drug-likeness (QED) is 0.726. The molecule has 8 nitrogen and oxygen atoms in total. The Morgan fingerprint density at radius 3 is 2.65 bits per heavy atom. The lowest BCUT2D eigenvalue weighted by Gasteiger charge is -2.51. The molecule has 1 aromatic heterocycles. The number of likely N-dealkylation sites (tertiary alicyclic amines) is 1. The second kappa shape index (κ2) is 8.47. The molecule has 1 saturated heterocycles. The van der Waals surface area contributed by atoms with Crippen LogP contribution in [0.15, 0.2) is 24.3 Å². The summed E-state index contributed by atoms with van der Waals surface area (Å²) in [5, 5.41) is 25.7. The monoisotopic (exact) mass is 426 g/mol. The minimum atomic E-state index is -1.29. The summed E-state index contributed by atoms with van der Waals surface area (Å²) in [5.74, 6) is 0.493. The van der Waals surface area contributed by atoms with Crippen molar-refractivity contribution >= 4 is 17.9 Å². The summed E-state index contributed by atoms with van der Waals surface area (Å²) in [6, 6.07) is 7.77. The number of piperidine rings is 1. The molecule has 0 aliphatic carbocycles. The van der Waals surface area contributed by atoms with Crippen molar-refractivity contribution in [1.82, 2.24) is 19.8 Å². The summed E-state index contributed by atoms with van der Waals surface area (Å²) < 4.78 is 14.7. The highest BCUT2D eigenvalue weighted by atomic mass is 19.1. The number of anilines is 1. The molecule has 0 bridgehead atoms. The third-order valence-electron chi connectivity index (χ3n) is 5.99. The van der Waals surface area contributed by atoms with Crippen LogP contribution in [0.2, 0.25) is 0 Å². The molecule has 2 heterocycles. The Morgan fingerprint density at radius 2 is 2.06 bits per heavy atom. The molecular weight excluding hydrogens is 399 g/mol. The van der Waals surface area contributed by atoms with Crippen LogP contribution in [0, 0.1) is 17.1 Å². The number of amides is 1. The number of carbonyl (C=O) groups is 1. The first-order valence-electron chi connectivity index (χ1n) is 10.2. The summed E-state index contributed by atoms with van der Waals surface area (Å²) in [6.07, 6.45) is 0.246. The van der Waals surface area contributed by atoms with Crippen LogP contribution in [0.3, 0.4) is 0 Å². The number of hydrogen-bond acceptors (Lipinski definition) is 6. The summed E-state index contributed by atoms with van der Waals surface area (Å²) in [7, 11) is 1.71. The molecule has 0 radical (unpaired) electrons. The number of benzene rings is 1. The molecular formula is C22H27FN6O2. The molecule has 2 aromatic rings. The molecule has 1 unspecified atom stereocenters. The van der Waals surface area contributed by atoms with Crippen LogP contribution in [-0.4, -0.2) is 47.8 Å². The van der Waals surface area contributed by atoms with E-state index in [0.717, 1.165) is 25.2 Å². The van der Waals surface area contributed by atoms with Gasteiger partial charge in [-0.1, -0.05) is 6.07 Å². The van der Waals surface area contributed by atoms with Crippen molar-refractivity contribution in [2.45, 2.75) is 45.2 Å². The number of nitrogens with one attached hydrogen (secondary N) is 2. The number of quaternary nitrogens is 1. The van der Waals surface area contributed by atoms with Crippen LogP contribution in [0.4, 0.5) is 21.0 Å². The van der Waals surface area contributed by atoms with E-state index in [1.807, 2.05) is 12.1 Å². The zero-order valence-electron chi connectivity index (χ0n) is 18.2. The highest BCUT2D eigenvalue weighted by Crippen LogP contribution is 2.38. The Balaban J connectivity index is 2.14. The predicted molar refractivity (Wildman–Crippen MR) is 115 cm³/mol. The third kappa shape index (κ3) is 4.44. The summed E-state index contributed by atoms with van der Waals surface area (Å²) >= 11 is 0. The number of nitriles is 1. The molecule has 1 amide bonds. The van der Waals surface area contributed by atoms with Crippen molar-refractivity contribution < 1.29 is 14.3 Å². The van der Waals surface area contributed by atoms with Gasteiger partial charge in [0.1, 0.15) is 24.5 Å². The number of rotatable bonds is 4. The summed E-state index contributed by atoms with van der Waals surface area (Å²) in [6.45, 7) is 7.57. The number of hydrogen-bond donors (Lipinski definition) is 2. The van der Waals surface area contributed by atoms with E-state index in [2.05, 4.69) is 36.4 Å². The van der Waals surface area contributed by atoms with Crippen LogP contribution in [-0.2, 0) is 0 Å². The second-order valence-corrected chi connectivity index (χ2v) is 8.81. The molecule has 1 fully saturated rings. The fraction of sp³-hybridized carbons (Fsp3) is 0.455. The Kier molecular flexibility index (Phi) is 6.13. The van der Waals surface area contributed by atoms with Crippen LogP contribution < -0.4 is 20.2 Å². The van der Waals surface area contributed by atoms with Gasteiger partial charge in [-0.2, -0.15) is 10.2 Å². The van der Waals surface area contributed by atoms with E-state index in [1.165, 1.54) is 12.1 Å². The minimum absolute atomic E-state index is 0.0303. The number of nitrogens with zero attached hydrogens (tertiary/aromatic N) is 4. The lowest BCUT2D eigenvalue weighted by molar-refractivity contribution is -0.252. The van der Waals surface area contributed by atoms with Gasteiger partial charge < -0.3 is 20.5 Å². The Labute approximate surface area is 181 Å². The molecule has 1 aromatic carbocycles. The van der Waals surface area contributed by atoms with E-state index in [-0.39, 0.29) is 17.1 Å². The second-order valence-electron chi connectivity index (χ2n) is 8.81. The maximum atomic E-state index is 14.3. The van der Waals surface area contributed by atoms with Gasteiger partial charge >= 0.3 is 0 Å². The average Bonchev–Trinajstić information content (AvgIpc) is 2.72. The van der Waals surface area contributed by atoms with Crippen molar-refractivity contribution in [3.05, 3.63) is 35.6 Å². The average molecular weight is 426 g/mol. The van der Waals surface area contributed by atoms with Gasteiger partial charge in [0.25, 0.3) is 0 Å². The van der Waals surface area contributed by atoms with Gasteiger partial charge in [0.15, 0.2) is 0 Å². The van der Waals surface area contributed by atoms with E-state index >= 15 is 0 Å². The predicted octanol–water partition coefficient (Wildman–Crippen LogP) is 2.40. The Morgan fingerprint density at radius 1 is 1.32 bits per heavy atom. The zero-order chi connectivity index (χ0) is 22.8. The minimum Gasteiger partial charge on any atom is -0.530 e. The Hall–Kier alpha value is -3.25. The highest BCUT2D eigenvalue weighted by Gasteiger charge is 2.47. The molecule has 164 valence electrons. The van der Waals surface area contributed by atoms with Crippen LogP contribution in [0.5, 0.6) is 0 Å². The Bertz CT molecular complexity index is 1030. The van der Waals surface area contributed by atoms with Crippen LogP contribution in [0.1, 0.15) is 39.2 Å². The summed E-state index contributed by atoms with van der Waals surface area (Å²) in [5.41, 5.74) is 0.732. The van der Waals surface area contributed by atoms with Crippen LogP contribution in [0.25, 0.3) is 11.3 Å². The number of halogens is 1.